The fraction of sp³-hybridized carbons (Fsp3) is 1.00. The Labute approximate surface area is 133 Å². The van der Waals surface area contributed by atoms with Crippen LogP contribution in [0.15, 0.2) is 0 Å². The van der Waals surface area contributed by atoms with Gasteiger partial charge in [-0.2, -0.15) is 0 Å². The Morgan fingerprint density at radius 2 is 1.32 bits per heavy atom. The van der Waals surface area contributed by atoms with Crippen molar-refractivity contribution in [2.45, 2.75) is 0 Å². The van der Waals surface area contributed by atoms with Crippen LogP contribution in [0.3, 0.4) is 0 Å². The number of nitrogens with zero attached hydrogens (tertiary/aromatic N) is 2. The van der Waals surface area contributed by atoms with Crippen LogP contribution < -0.4 is 9.80 Å². The molecule has 0 amide bonds. The molecule has 3 rings (SSSR count). The van der Waals surface area contributed by atoms with Crippen molar-refractivity contribution in [3.63, 3.8) is 0 Å². The van der Waals surface area contributed by atoms with Crippen molar-refractivity contribution in [1.29, 1.82) is 0 Å². The molecule has 3 aliphatic heterocycles. The van der Waals surface area contributed by atoms with Crippen molar-refractivity contribution in [1.82, 2.24) is 9.34 Å². The molecule has 0 aliphatic carbocycles. The summed E-state index contributed by atoms with van der Waals surface area (Å²) in [5, 5.41) is 0. The van der Waals surface area contributed by atoms with Crippen LogP contribution in [0.1, 0.15) is 0 Å². The van der Waals surface area contributed by atoms with Crippen LogP contribution in [0, 0.1) is 0 Å². The van der Waals surface area contributed by atoms with Crippen LogP contribution in [0.5, 0.6) is 0 Å². The van der Waals surface area contributed by atoms with Crippen molar-refractivity contribution in [2.75, 3.05) is 92.1 Å². The maximum Gasteiger partial charge on any atom is 0.269 e. The van der Waals surface area contributed by atoms with Gasteiger partial charge in [-0.05, 0) is 0 Å². The topological polar surface area (TPSA) is 50.9 Å². The van der Waals surface area contributed by atoms with Gasteiger partial charge < -0.3 is 19.3 Å². The Morgan fingerprint density at radius 3 is 1.77 bits per heavy atom. The number of morpholine rings is 2. The highest BCUT2D eigenvalue weighted by Gasteiger charge is 2.42. The van der Waals surface area contributed by atoms with Gasteiger partial charge in [0.05, 0.1) is 33.5 Å². The van der Waals surface area contributed by atoms with Crippen molar-refractivity contribution in [3.8, 4) is 0 Å². The summed E-state index contributed by atoms with van der Waals surface area (Å²) in [4.78, 5) is 3.10. The summed E-state index contributed by atoms with van der Waals surface area (Å²) in [6, 6.07) is 0. The van der Waals surface area contributed by atoms with Gasteiger partial charge in [-0.1, -0.05) is 0 Å². The smallest absolute Gasteiger partial charge is 0.269 e. The number of rotatable bonds is 4. The van der Waals surface area contributed by atoms with Gasteiger partial charge in [-0.25, -0.2) is 9.34 Å². The van der Waals surface area contributed by atoms with Crippen molar-refractivity contribution in [3.05, 3.63) is 0 Å². The molecule has 3 fully saturated rings. The predicted molar refractivity (Wildman–Crippen MR) is 84.6 cm³/mol. The van der Waals surface area contributed by atoms with Crippen LogP contribution >= 0.6 is 7.44 Å². The second-order valence-electron chi connectivity index (χ2n) is 6.66. The van der Waals surface area contributed by atoms with Gasteiger partial charge in [0.25, 0.3) is 7.44 Å². The number of nitrogens with one attached hydrogen (secondary N) is 2. The molecule has 128 valence electrons. The third kappa shape index (κ3) is 3.90. The Balaban J connectivity index is 1.71. The van der Waals surface area contributed by atoms with E-state index in [1.165, 1.54) is 18.0 Å². The first-order valence-electron chi connectivity index (χ1n) is 8.59. The minimum atomic E-state index is -2.50. The van der Waals surface area contributed by atoms with Crippen molar-refractivity contribution < 1.29 is 23.8 Å². The van der Waals surface area contributed by atoms with Crippen LogP contribution in [-0.2, 0) is 14.0 Å². The maximum atomic E-state index is 14.0. The SMILES string of the molecule is C[NH+]1CC[NH+](CP(=O)(N2CCOCC2)N2CCOCC2)CC1. The fourth-order valence-corrected chi connectivity index (χ4v) is 6.82. The van der Waals surface area contributed by atoms with Crippen molar-refractivity contribution >= 4 is 7.44 Å². The largest absolute Gasteiger partial charge is 0.379 e. The lowest BCUT2D eigenvalue weighted by Crippen LogP contribution is -3.27. The van der Waals surface area contributed by atoms with Crippen LogP contribution in [-0.4, -0.2) is 101 Å². The zero-order chi connectivity index (χ0) is 15.4. The summed E-state index contributed by atoms with van der Waals surface area (Å²) < 4.78 is 29.4. The molecular weight excluding hydrogens is 303 g/mol. The molecule has 22 heavy (non-hydrogen) atoms. The van der Waals surface area contributed by atoms with Gasteiger partial charge in [0.2, 0.25) is 0 Å². The Morgan fingerprint density at radius 1 is 0.864 bits per heavy atom. The number of quaternary nitrogens is 2. The van der Waals surface area contributed by atoms with Crippen LogP contribution in [0.4, 0.5) is 0 Å². The average Bonchev–Trinajstić information content (AvgIpc) is 2.58. The standard InChI is InChI=1S/C14H29N4O3P/c1-15-2-4-16(5-3-15)14-22(19,17-6-10-20-11-7-17)18-8-12-21-13-9-18/h2-14H2,1H3/p+2. The highest BCUT2D eigenvalue weighted by molar-refractivity contribution is 7.58. The van der Waals surface area contributed by atoms with Crippen LogP contribution in [0.25, 0.3) is 0 Å². The normalized spacial score (nSPS) is 33.0. The summed E-state index contributed by atoms with van der Waals surface area (Å²) in [6.07, 6.45) is 0.778. The van der Waals surface area contributed by atoms with E-state index < -0.39 is 7.44 Å². The molecule has 0 aromatic rings. The Hall–Kier alpha value is -0.0100. The third-order valence-electron chi connectivity index (χ3n) is 5.10. The number of piperazine rings is 1. The van der Waals surface area contributed by atoms with Gasteiger partial charge in [-0.3, -0.25) is 4.57 Å². The molecule has 0 unspecified atom stereocenters. The lowest BCUT2D eigenvalue weighted by atomic mass is 10.4. The van der Waals surface area contributed by atoms with E-state index in [1.807, 2.05) is 0 Å². The number of hydrogen-bond donors (Lipinski definition) is 2. The second-order valence-corrected chi connectivity index (χ2v) is 9.44. The third-order valence-corrected chi connectivity index (χ3v) is 8.53. The van der Waals surface area contributed by atoms with E-state index in [0.717, 1.165) is 45.6 Å². The van der Waals surface area contributed by atoms with Crippen molar-refractivity contribution in [2.24, 2.45) is 0 Å². The number of likely N-dealkylation sites (N-methyl/N-ethyl adjacent to an activating group) is 1. The molecular formula is C14H31N4O3P+2. The predicted octanol–water partition coefficient (Wildman–Crippen LogP) is -2.79. The first kappa shape index (κ1) is 16.8. The molecule has 0 spiro atoms. The first-order chi connectivity index (χ1) is 10.7. The number of hydrogen-bond acceptors (Lipinski definition) is 3. The monoisotopic (exact) mass is 334 g/mol. The van der Waals surface area contributed by atoms with Gasteiger partial charge in [-0.15, -0.1) is 0 Å². The quantitative estimate of drug-likeness (QED) is 0.545. The molecule has 3 saturated heterocycles. The molecule has 3 heterocycles. The molecule has 7 nitrogen and oxygen atoms in total. The summed E-state index contributed by atoms with van der Waals surface area (Å²) in [5.74, 6) is 0. The zero-order valence-electron chi connectivity index (χ0n) is 13.8. The molecule has 0 bridgehead atoms. The maximum absolute atomic E-state index is 14.0. The summed E-state index contributed by atoms with van der Waals surface area (Å²) in [7, 11) is -0.248. The molecule has 8 heteroatoms. The number of ether oxygens (including phenoxy) is 2. The highest BCUT2D eigenvalue weighted by atomic mass is 31.2. The van der Waals surface area contributed by atoms with Gasteiger partial charge in [0, 0.05) is 26.2 Å². The Bertz CT molecular complexity index is 370. The van der Waals surface area contributed by atoms with Crippen LogP contribution in [0.2, 0.25) is 0 Å². The molecule has 2 N–H and O–H groups in total. The van der Waals surface area contributed by atoms with E-state index >= 15 is 0 Å². The second kappa shape index (κ2) is 7.71. The molecule has 0 saturated carbocycles. The summed E-state index contributed by atoms with van der Waals surface area (Å²) in [5.41, 5.74) is 0. The minimum Gasteiger partial charge on any atom is -0.379 e. The molecule has 3 aliphatic rings. The minimum absolute atomic E-state index is 0.705. The summed E-state index contributed by atoms with van der Waals surface area (Å²) in [6.45, 7) is 10.6. The van der Waals surface area contributed by atoms with E-state index in [2.05, 4.69) is 16.4 Å². The average molecular weight is 334 g/mol. The lowest BCUT2D eigenvalue weighted by Gasteiger charge is -2.43. The Kier molecular flexibility index (Phi) is 5.90. The highest BCUT2D eigenvalue weighted by Crippen LogP contribution is 2.51. The van der Waals surface area contributed by atoms with E-state index in [-0.39, 0.29) is 0 Å². The molecule has 0 aromatic heterocycles. The first-order valence-corrected chi connectivity index (χ1v) is 10.4. The van der Waals surface area contributed by atoms with Gasteiger partial charge in [0.1, 0.15) is 26.2 Å². The van der Waals surface area contributed by atoms with E-state index in [4.69, 9.17) is 9.47 Å². The van der Waals surface area contributed by atoms with E-state index in [9.17, 15) is 4.57 Å². The van der Waals surface area contributed by atoms with E-state index in [0.29, 0.717) is 26.4 Å². The van der Waals surface area contributed by atoms with Gasteiger partial charge >= 0.3 is 0 Å². The van der Waals surface area contributed by atoms with Gasteiger partial charge in [0.15, 0.2) is 6.29 Å². The molecule has 0 atom stereocenters. The molecule has 0 radical (unpaired) electrons. The lowest BCUT2D eigenvalue weighted by molar-refractivity contribution is -0.998. The summed E-state index contributed by atoms with van der Waals surface area (Å²) >= 11 is 0. The van der Waals surface area contributed by atoms with E-state index in [1.54, 1.807) is 4.90 Å². The zero-order valence-corrected chi connectivity index (χ0v) is 14.7. The fourth-order valence-electron chi connectivity index (χ4n) is 3.59. The molecule has 0 aromatic carbocycles.